The number of hydrogen-bond acceptors (Lipinski definition) is 3. The lowest BCUT2D eigenvalue weighted by atomic mass is 10.1. The van der Waals surface area contributed by atoms with Crippen LogP contribution in [0.4, 0.5) is 5.69 Å². The summed E-state index contributed by atoms with van der Waals surface area (Å²) in [6.07, 6.45) is 3.66. The van der Waals surface area contributed by atoms with E-state index in [0.29, 0.717) is 0 Å². The summed E-state index contributed by atoms with van der Waals surface area (Å²) in [5.41, 5.74) is 2.49. The molecule has 0 spiro atoms. The molecule has 3 rings (SSSR count). The van der Waals surface area contributed by atoms with E-state index in [4.69, 9.17) is 0 Å². The van der Waals surface area contributed by atoms with Crippen LogP contribution in [0.25, 0.3) is 11.4 Å². The number of benzene rings is 1. The van der Waals surface area contributed by atoms with E-state index in [0.717, 1.165) is 32.4 Å². The molecule has 1 N–H and O–H groups in total. The second-order valence-electron chi connectivity index (χ2n) is 5.22. The molecule has 0 saturated heterocycles. The zero-order valence-electron chi connectivity index (χ0n) is 12.8. The van der Waals surface area contributed by atoms with Gasteiger partial charge in [-0.2, -0.15) is 0 Å². The van der Waals surface area contributed by atoms with Crippen LogP contribution in [0.3, 0.4) is 0 Å². The monoisotopic (exact) mass is 311 g/mol. The van der Waals surface area contributed by atoms with Gasteiger partial charge < -0.3 is 9.88 Å². The van der Waals surface area contributed by atoms with Crippen LogP contribution in [0.2, 0.25) is 0 Å². The third-order valence-electron chi connectivity index (χ3n) is 3.49. The number of carbonyl (C=O) groups is 1. The summed E-state index contributed by atoms with van der Waals surface area (Å²) in [4.78, 5) is 18.9. The van der Waals surface area contributed by atoms with Crippen LogP contribution in [0.1, 0.15) is 20.1 Å². The quantitative estimate of drug-likeness (QED) is 0.794. The Morgan fingerprint density at radius 1 is 1.27 bits per heavy atom. The molecule has 0 aliphatic heterocycles. The molecule has 2 heterocycles. The minimum atomic E-state index is -0.0705. The van der Waals surface area contributed by atoms with Crippen LogP contribution in [-0.2, 0) is 7.05 Å². The third kappa shape index (κ3) is 2.80. The molecule has 0 aliphatic carbocycles. The molecule has 0 unspecified atom stereocenters. The predicted octanol–water partition coefficient (Wildman–Crippen LogP) is 4.02. The number of rotatable bonds is 3. The number of imidazole rings is 1. The van der Waals surface area contributed by atoms with Crippen molar-refractivity contribution in [3.05, 3.63) is 58.0 Å². The van der Waals surface area contributed by atoms with Crippen molar-refractivity contribution in [2.24, 2.45) is 7.05 Å². The molecule has 1 amide bonds. The maximum atomic E-state index is 12.4. The lowest BCUT2D eigenvalue weighted by Crippen LogP contribution is -2.12. The Morgan fingerprint density at radius 2 is 2.09 bits per heavy atom. The third-order valence-corrected chi connectivity index (χ3v) is 4.45. The second-order valence-corrected chi connectivity index (χ2v) is 6.68. The highest BCUT2D eigenvalue weighted by Gasteiger charge is 2.12. The standard InChI is InChI=1S/C17H17N3OS/c1-11-9-15(12(2)22-11)17(21)19-14-6-4-5-13(10-14)16-18-7-8-20(16)3/h4-10H,1-3H3,(H,19,21). The van der Waals surface area contributed by atoms with Crippen molar-refractivity contribution >= 4 is 22.9 Å². The van der Waals surface area contributed by atoms with Gasteiger partial charge in [0, 0.05) is 40.4 Å². The number of nitrogens with zero attached hydrogens (tertiary/aromatic N) is 2. The molecule has 0 bridgehead atoms. The minimum absolute atomic E-state index is 0.0705. The van der Waals surface area contributed by atoms with Crippen LogP contribution in [0.5, 0.6) is 0 Å². The lowest BCUT2D eigenvalue weighted by Gasteiger charge is -2.07. The van der Waals surface area contributed by atoms with E-state index < -0.39 is 0 Å². The van der Waals surface area contributed by atoms with Gasteiger partial charge in [0.05, 0.1) is 5.56 Å². The minimum Gasteiger partial charge on any atom is -0.334 e. The van der Waals surface area contributed by atoms with E-state index in [9.17, 15) is 4.79 Å². The molecular weight excluding hydrogens is 294 g/mol. The van der Waals surface area contributed by atoms with Crippen molar-refractivity contribution in [3.8, 4) is 11.4 Å². The van der Waals surface area contributed by atoms with Crippen LogP contribution in [0.15, 0.2) is 42.7 Å². The highest BCUT2D eigenvalue weighted by Crippen LogP contribution is 2.24. The first-order valence-corrected chi connectivity index (χ1v) is 7.82. The first kappa shape index (κ1) is 14.5. The highest BCUT2D eigenvalue weighted by molar-refractivity contribution is 7.12. The van der Waals surface area contributed by atoms with E-state index >= 15 is 0 Å². The van der Waals surface area contributed by atoms with Gasteiger partial charge in [-0.05, 0) is 32.0 Å². The largest absolute Gasteiger partial charge is 0.334 e. The van der Waals surface area contributed by atoms with Crippen molar-refractivity contribution in [1.29, 1.82) is 0 Å². The normalized spacial score (nSPS) is 10.7. The van der Waals surface area contributed by atoms with Crippen molar-refractivity contribution in [2.75, 3.05) is 5.32 Å². The number of aromatic nitrogens is 2. The van der Waals surface area contributed by atoms with Gasteiger partial charge in [0.25, 0.3) is 5.91 Å². The molecular formula is C17H17N3OS. The summed E-state index contributed by atoms with van der Waals surface area (Å²) in [7, 11) is 1.95. The van der Waals surface area contributed by atoms with E-state index in [1.54, 1.807) is 17.5 Å². The molecule has 5 heteroatoms. The van der Waals surface area contributed by atoms with Gasteiger partial charge in [-0.3, -0.25) is 4.79 Å². The van der Waals surface area contributed by atoms with Crippen LogP contribution in [0, 0.1) is 13.8 Å². The van der Waals surface area contributed by atoms with Gasteiger partial charge in [0.2, 0.25) is 0 Å². The fourth-order valence-electron chi connectivity index (χ4n) is 2.43. The Bertz CT molecular complexity index is 832. The van der Waals surface area contributed by atoms with Gasteiger partial charge in [-0.25, -0.2) is 4.98 Å². The average molecular weight is 311 g/mol. The summed E-state index contributed by atoms with van der Waals surface area (Å²) >= 11 is 1.64. The molecule has 1 aromatic carbocycles. The van der Waals surface area contributed by atoms with Gasteiger partial charge in [0.15, 0.2) is 0 Å². The number of nitrogens with one attached hydrogen (secondary N) is 1. The molecule has 0 atom stereocenters. The van der Waals surface area contributed by atoms with Crippen LogP contribution < -0.4 is 5.32 Å². The van der Waals surface area contributed by atoms with E-state index in [1.807, 2.05) is 62.0 Å². The molecule has 3 aromatic rings. The molecule has 4 nitrogen and oxygen atoms in total. The SMILES string of the molecule is Cc1cc(C(=O)Nc2cccc(-c3nccn3C)c2)c(C)s1. The fourth-order valence-corrected chi connectivity index (χ4v) is 3.36. The Hall–Kier alpha value is -2.40. The Balaban J connectivity index is 1.86. The Labute approximate surface area is 133 Å². The summed E-state index contributed by atoms with van der Waals surface area (Å²) in [6, 6.07) is 9.66. The highest BCUT2D eigenvalue weighted by atomic mass is 32.1. The first-order chi connectivity index (χ1) is 10.5. The molecule has 22 heavy (non-hydrogen) atoms. The number of thiophene rings is 1. The molecule has 2 aromatic heterocycles. The summed E-state index contributed by atoms with van der Waals surface area (Å²) in [5.74, 6) is 0.803. The number of aryl methyl sites for hydroxylation is 3. The number of hydrogen-bond donors (Lipinski definition) is 1. The number of anilines is 1. The van der Waals surface area contributed by atoms with E-state index in [1.165, 1.54) is 0 Å². The molecule has 0 saturated carbocycles. The van der Waals surface area contributed by atoms with E-state index in [-0.39, 0.29) is 5.91 Å². The molecule has 0 fully saturated rings. The van der Waals surface area contributed by atoms with Crippen LogP contribution in [-0.4, -0.2) is 15.5 Å². The summed E-state index contributed by atoms with van der Waals surface area (Å²) in [5, 5.41) is 2.96. The smallest absolute Gasteiger partial charge is 0.256 e. The number of amides is 1. The summed E-state index contributed by atoms with van der Waals surface area (Å²) < 4.78 is 1.95. The van der Waals surface area contributed by atoms with Crippen molar-refractivity contribution in [1.82, 2.24) is 9.55 Å². The van der Waals surface area contributed by atoms with Crippen molar-refractivity contribution in [3.63, 3.8) is 0 Å². The number of carbonyl (C=O) groups excluding carboxylic acids is 1. The van der Waals surface area contributed by atoms with Gasteiger partial charge >= 0.3 is 0 Å². The maximum Gasteiger partial charge on any atom is 0.256 e. The predicted molar refractivity (Wildman–Crippen MR) is 90.4 cm³/mol. The topological polar surface area (TPSA) is 46.9 Å². The fraction of sp³-hybridized carbons (Fsp3) is 0.176. The zero-order valence-corrected chi connectivity index (χ0v) is 13.6. The second kappa shape index (κ2) is 5.77. The Morgan fingerprint density at radius 3 is 2.73 bits per heavy atom. The maximum absolute atomic E-state index is 12.4. The van der Waals surface area contributed by atoms with Crippen molar-refractivity contribution < 1.29 is 4.79 Å². The van der Waals surface area contributed by atoms with Crippen molar-refractivity contribution in [2.45, 2.75) is 13.8 Å². The van der Waals surface area contributed by atoms with Crippen LogP contribution >= 0.6 is 11.3 Å². The van der Waals surface area contributed by atoms with E-state index in [2.05, 4.69) is 10.3 Å². The summed E-state index contributed by atoms with van der Waals surface area (Å²) in [6.45, 7) is 3.98. The van der Waals surface area contributed by atoms with Gasteiger partial charge in [-0.15, -0.1) is 11.3 Å². The molecule has 0 radical (unpaired) electrons. The van der Waals surface area contributed by atoms with Gasteiger partial charge in [0.1, 0.15) is 5.82 Å². The first-order valence-electron chi connectivity index (χ1n) is 7.01. The Kier molecular flexibility index (Phi) is 3.81. The molecule has 112 valence electrons. The lowest BCUT2D eigenvalue weighted by molar-refractivity contribution is 0.102. The molecule has 0 aliphatic rings. The average Bonchev–Trinajstić information content (AvgIpc) is 3.04. The zero-order chi connectivity index (χ0) is 15.7. The van der Waals surface area contributed by atoms with Gasteiger partial charge in [-0.1, -0.05) is 12.1 Å².